The SMILES string of the molecule is Cc1ccc(-c2nnc(CCC(=O)NC3CCN(Cc4ccc(F)cc4)CC3)o2)cc1. The number of hydrogen-bond acceptors (Lipinski definition) is 5. The quantitative estimate of drug-likeness (QED) is 0.625. The van der Waals surface area contributed by atoms with Crippen LogP contribution in [0.25, 0.3) is 11.5 Å². The molecule has 7 heteroatoms. The van der Waals surface area contributed by atoms with Crippen LogP contribution in [-0.2, 0) is 17.8 Å². The van der Waals surface area contributed by atoms with Gasteiger partial charge in [0.05, 0.1) is 0 Å². The van der Waals surface area contributed by atoms with Gasteiger partial charge in [-0.1, -0.05) is 29.8 Å². The smallest absolute Gasteiger partial charge is 0.247 e. The zero-order chi connectivity index (χ0) is 21.6. The van der Waals surface area contributed by atoms with Crippen LogP contribution >= 0.6 is 0 Å². The standard InChI is InChI=1S/C24H27FN4O2/c1-17-2-6-19(7-3-17)24-28-27-23(31-24)11-10-22(30)26-21-12-14-29(15-13-21)16-18-4-8-20(25)9-5-18/h2-9,21H,10-16H2,1H3,(H,26,30). The number of carbonyl (C=O) groups is 1. The maximum atomic E-state index is 13.0. The first-order valence-corrected chi connectivity index (χ1v) is 10.7. The molecule has 1 aromatic heterocycles. The lowest BCUT2D eigenvalue weighted by atomic mass is 10.0. The number of aryl methyl sites for hydroxylation is 2. The van der Waals surface area contributed by atoms with Gasteiger partial charge >= 0.3 is 0 Å². The van der Waals surface area contributed by atoms with Crippen molar-refractivity contribution >= 4 is 5.91 Å². The average Bonchev–Trinajstić information content (AvgIpc) is 3.25. The number of nitrogens with one attached hydrogen (secondary N) is 1. The zero-order valence-corrected chi connectivity index (χ0v) is 17.7. The number of likely N-dealkylation sites (tertiary alicyclic amines) is 1. The first kappa shape index (κ1) is 21.2. The molecule has 4 rings (SSSR count). The van der Waals surface area contributed by atoms with Crippen molar-refractivity contribution in [3.8, 4) is 11.5 Å². The molecule has 6 nitrogen and oxygen atoms in total. The van der Waals surface area contributed by atoms with Crippen LogP contribution in [0.5, 0.6) is 0 Å². The highest BCUT2D eigenvalue weighted by atomic mass is 19.1. The summed E-state index contributed by atoms with van der Waals surface area (Å²) in [4.78, 5) is 14.7. The molecular formula is C24H27FN4O2. The van der Waals surface area contributed by atoms with Crippen molar-refractivity contribution in [2.75, 3.05) is 13.1 Å². The predicted molar refractivity (Wildman–Crippen MR) is 116 cm³/mol. The Morgan fingerprint density at radius 2 is 1.81 bits per heavy atom. The van der Waals surface area contributed by atoms with E-state index in [9.17, 15) is 9.18 Å². The van der Waals surface area contributed by atoms with Crippen LogP contribution in [0.15, 0.2) is 52.9 Å². The Bertz CT molecular complexity index is 993. The monoisotopic (exact) mass is 422 g/mol. The number of amides is 1. The molecule has 2 aromatic carbocycles. The molecule has 1 aliphatic heterocycles. The molecule has 1 saturated heterocycles. The third-order valence-electron chi connectivity index (χ3n) is 5.60. The Morgan fingerprint density at radius 3 is 2.52 bits per heavy atom. The zero-order valence-electron chi connectivity index (χ0n) is 17.7. The summed E-state index contributed by atoms with van der Waals surface area (Å²) in [6.07, 6.45) is 2.57. The van der Waals surface area contributed by atoms with E-state index < -0.39 is 0 Å². The molecule has 0 saturated carbocycles. The Labute approximate surface area is 181 Å². The van der Waals surface area contributed by atoms with Crippen molar-refractivity contribution in [1.82, 2.24) is 20.4 Å². The van der Waals surface area contributed by atoms with Crippen molar-refractivity contribution in [3.05, 3.63) is 71.4 Å². The predicted octanol–water partition coefficient (Wildman–Crippen LogP) is 3.90. The summed E-state index contributed by atoms with van der Waals surface area (Å²) < 4.78 is 18.7. The fourth-order valence-electron chi connectivity index (χ4n) is 3.77. The van der Waals surface area contributed by atoms with Gasteiger partial charge in [-0.3, -0.25) is 9.69 Å². The molecule has 2 heterocycles. The minimum absolute atomic E-state index is 0.00655. The van der Waals surface area contributed by atoms with Gasteiger partial charge in [-0.15, -0.1) is 10.2 Å². The largest absolute Gasteiger partial charge is 0.421 e. The van der Waals surface area contributed by atoms with Crippen molar-refractivity contribution in [2.24, 2.45) is 0 Å². The first-order chi connectivity index (χ1) is 15.0. The maximum absolute atomic E-state index is 13.0. The molecule has 1 aliphatic rings. The summed E-state index contributed by atoms with van der Waals surface area (Å²) in [5.74, 6) is 0.743. The topological polar surface area (TPSA) is 71.3 Å². The number of halogens is 1. The van der Waals surface area contributed by atoms with Gasteiger partial charge in [-0.2, -0.15) is 0 Å². The van der Waals surface area contributed by atoms with E-state index in [0.717, 1.165) is 43.6 Å². The molecular weight excluding hydrogens is 395 g/mol. The van der Waals surface area contributed by atoms with E-state index in [-0.39, 0.29) is 17.8 Å². The molecule has 0 radical (unpaired) electrons. The lowest BCUT2D eigenvalue weighted by Gasteiger charge is -2.32. The van der Waals surface area contributed by atoms with E-state index in [1.807, 2.05) is 43.3 Å². The van der Waals surface area contributed by atoms with E-state index in [4.69, 9.17) is 4.42 Å². The van der Waals surface area contributed by atoms with Gasteiger partial charge < -0.3 is 9.73 Å². The fourth-order valence-corrected chi connectivity index (χ4v) is 3.77. The Morgan fingerprint density at radius 1 is 1.10 bits per heavy atom. The first-order valence-electron chi connectivity index (χ1n) is 10.7. The molecule has 162 valence electrons. The molecule has 1 amide bonds. The van der Waals surface area contributed by atoms with Gasteiger partial charge in [-0.25, -0.2) is 4.39 Å². The summed E-state index contributed by atoms with van der Waals surface area (Å²) in [7, 11) is 0. The summed E-state index contributed by atoms with van der Waals surface area (Å²) in [6, 6.07) is 14.7. The molecule has 0 aliphatic carbocycles. The second-order valence-corrected chi connectivity index (χ2v) is 8.11. The van der Waals surface area contributed by atoms with Crippen molar-refractivity contribution in [2.45, 2.75) is 45.2 Å². The van der Waals surface area contributed by atoms with E-state index in [1.165, 1.54) is 17.7 Å². The molecule has 1 N–H and O–H groups in total. The van der Waals surface area contributed by atoms with Gasteiger partial charge in [0.1, 0.15) is 5.82 Å². The number of aromatic nitrogens is 2. The van der Waals surface area contributed by atoms with Crippen LogP contribution < -0.4 is 5.32 Å². The molecule has 31 heavy (non-hydrogen) atoms. The highest BCUT2D eigenvalue weighted by Gasteiger charge is 2.21. The van der Waals surface area contributed by atoms with Crippen LogP contribution in [0.1, 0.15) is 36.3 Å². The van der Waals surface area contributed by atoms with Gasteiger partial charge in [0.25, 0.3) is 0 Å². The van der Waals surface area contributed by atoms with Crippen LogP contribution in [-0.4, -0.2) is 40.1 Å². The fraction of sp³-hybridized carbons (Fsp3) is 0.375. The molecule has 0 bridgehead atoms. The van der Waals surface area contributed by atoms with Crippen LogP contribution in [0, 0.1) is 12.7 Å². The number of benzene rings is 2. The summed E-state index contributed by atoms with van der Waals surface area (Å²) in [6.45, 7) is 4.65. The number of carbonyl (C=O) groups excluding carboxylic acids is 1. The number of hydrogen-bond donors (Lipinski definition) is 1. The van der Waals surface area contributed by atoms with Crippen LogP contribution in [0.3, 0.4) is 0 Å². The van der Waals surface area contributed by atoms with E-state index >= 15 is 0 Å². The summed E-state index contributed by atoms with van der Waals surface area (Å²) in [5.41, 5.74) is 3.15. The third kappa shape index (κ3) is 5.98. The summed E-state index contributed by atoms with van der Waals surface area (Å²) >= 11 is 0. The molecule has 3 aromatic rings. The Kier molecular flexibility index (Phi) is 6.72. The molecule has 0 unspecified atom stereocenters. The maximum Gasteiger partial charge on any atom is 0.247 e. The van der Waals surface area contributed by atoms with Gasteiger partial charge in [-0.05, 0) is 49.6 Å². The normalized spacial score (nSPS) is 15.2. The Balaban J connectivity index is 1.19. The number of rotatable bonds is 7. The second-order valence-electron chi connectivity index (χ2n) is 8.11. The summed E-state index contributed by atoms with van der Waals surface area (Å²) in [5, 5.41) is 11.3. The minimum Gasteiger partial charge on any atom is -0.421 e. The van der Waals surface area contributed by atoms with E-state index in [1.54, 1.807) is 0 Å². The third-order valence-corrected chi connectivity index (χ3v) is 5.60. The number of nitrogens with zero attached hydrogens (tertiary/aromatic N) is 3. The van der Waals surface area contributed by atoms with Crippen LogP contribution in [0.4, 0.5) is 4.39 Å². The number of piperidine rings is 1. The van der Waals surface area contributed by atoms with E-state index in [0.29, 0.717) is 24.6 Å². The minimum atomic E-state index is -0.211. The molecule has 0 atom stereocenters. The van der Waals surface area contributed by atoms with Crippen molar-refractivity contribution in [3.63, 3.8) is 0 Å². The Hall–Kier alpha value is -3.06. The van der Waals surface area contributed by atoms with Crippen LogP contribution in [0.2, 0.25) is 0 Å². The highest BCUT2D eigenvalue weighted by molar-refractivity contribution is 5.76. The van der Waals surface area contributed by atoms with Gasteiger partial charge in [0.15, 0.2) is 0 Å². The second kappa shape index (κ2) is 9.83. The van der Waals surface area contributed by atoms with Crippen molar-refractivity contribution < 1.29 is 13.6 Å². The lowest BCUT2D eigenvalue weighted by Crippen LogP contribution is -2.44. The lowest BCUT2D eigenvalue weighted by molar-refractivity contribution is -0.122. The average molecular weight is 423 g/mol. The van der Waals surface area contributed by atoms with Crippen molar-refractivity contribution in [1.29, 1.82) is 0 Å². The highest BCUT2D eigenvalue weighted by Crippen LogP contribution is 2.19. The van der Waals surface area contributed by atoms with Gasteiger partial charge in [0.2, 0.25) is 17.7 Å². The van der Waals surface area contributed by atoms with Gasteiger partial charge in [0, 0.05) is 44.1 Å². The molecule has 0 spiro atoms. The molecule has 1 fully saturated rings. The van der Waals surface area contributed by atoms with E-state index in [2.05, 4.69) is 20.4 Å².